The molecule has 0 spiro atoms. The number of nitrogens with one attached hydrogen (secondary N) is 2. The van der Waals surface area contributed by atoms with Crippen LogP contribution in [0.2, 0.25) is 5.02 Å². The number of nitrogens with zero attached hydrogens (tertiary/aromatic N) is 1. The lowest BCUT2D eigenvalue weighted by Crippen LogP contribution is -2.58. The summed E-state index contributed by atoms with van der Waals surface area (Å²) in [6.07, 6.45) is -0.424. The minimum Gasteiger partial charge on any atom is -0.444 e. The highest BCUT2D eigenvalue weighted by Crippen LogP contribution is 2.42. The molecular weight excluding hydrogens is 452 g/mol. The normalized spacial score (nSPS) is 20.6. The smallest absolute Gasteiger partial charge is 0.410 e. The SMILES string of the molecule is CC(C)(C)OC(=O)N1CC(Nc2ccc3c(c2F)[C@](C)(c2cccc(Cl)c2F)CNC3=O)C1. The molecule has 1 fully saturated rings. The van der Waals surface area contributed by atoms with Gasteiger partial charge in [0.1, 0.15) is 11.4 Å². The van der Waals surface area contributed by atoms with Crippen molar-refractivity contribution in [3.05, 3.63) is 63.7 Å². The maximum Gasteiger partial charge on any atom is 0.410 e. The van der Waals surface area contributed by atoms with Crippen LogP contribution in [-0.4, -0.2) is 48.2 Å². The summed E-state index contributed by atoms with van der Waals surface area (Å²) in [7, 11) is 0. The molecule has 0 aliphatic carbocycles. The van der Waals surface area contributed by atoms with Crippen molar-refractivity contribution in [2.45, 2.75) is 44.8 Å². The first-order valence-electron chi connectivity index (χ1n) is 10.7. The van der Waals surface area contributed by atoms with Gasteiger partial charge in [0.05, 0.1) is 16.8 Å². The zero-order chi connectivity index (χ0) is 24.1. The van der Waals surface area contributed by atoms with Crippen LogP contribution in [0.4, 0.5) is 19.3 Å². The molecule has 0 unspecified atom stereocenters. The van der Waals surface area contributed by atoms with E-state index < -0.39 is 34.7 Å². The molecule has 0 bridgehead atoms. The van der Waals surface area contributed by atoms with Crippen LogP contribution < -0.4 is 10.6 Å². The van der Waals surface area contributed by atoms with Crippen LogP contribution in [0, 0.1) is 11.6 Å². The van der Waals surface area contributed by atoms with Crippen molar-refractivity contribution >= 4 is 29.3 Å². The van der Waals surface area contributed by atoms with Crippen molar-refractivity contribution in [1.82, 2.24) is 10.2 Å². The van der Waals surface area contributed by atoms with Gasteiger partial charge in [-0.25, -0.2) is 13.6 Å². The molecule has 1 atom stereocenters. The molecule has 2 aromatic rings. The Bertz CT molecular complexity index is 1130. The summed E-state index contributed by atoms with van der Waals surface area (Å²) in [6, 6.07) is 7.41. The number of ether oxygens (including phenoxy) is 1. The van der Waals surface area contributed by atoms with Gasteiger partial charge in [-0.05, 0) is 45.9 Å². The molecule has 0 radical (unpaired) electrons. The Hall–Kier alpha value is -2.87. The predicted molar refractivity (Wildman–Crippen MR) is 122 cm³/mol. The first-order valence-corrected chi connectivity index (χ1v) is 11.1. The Morgan fingerprint density at radius 3 is 2.58 bits per heavy atom. The van der Waals surface area contributed by atoms with Gasteiger partial charge in [-0.3, -0.25) is 4.79 Å². The van der Waals surface area contributed by atoms with Gasteiger partial charge in [-0.1, -0.05) is 23.7 Å². The maximum atomic E-state index is 15.8. The number of hydrogen-bond acceptors (Lipinski definition) is 4. The van der Waals surface area contributed by atoms with Gasteiger partial charge in [0.25, 0.3) is 5.91 Å². The summed E-state index contributed by atoms with van der Waals surface area (Å²) in [6.45, 7) is 7.78. The Morgan fingerprint density at radius 1 is 1.21 bits per heavy atom. The standard InChI is InChI=1S/C24H26ClF2N3O3/c1-23(2,3)33-22(32)30-10-13(11-30)29-17-9-8-14-18(20(17)27)24(4,12-28-21(14)31)15-6-5-7-16(25)19(15)26/h5-9,13,29H,10-12H2,1-4H3,(H,28,31)/t24-/m0/s1. The molecule has 176 valence electrons. The number of benzene rings is 2. The Labute approximate surface area is 196 Å². The number of rotatable bonds is 3. The van der Waals surface area contributed by atoms with Crippen molar-refractivity contribution in [2.24, 2.45) is 0 Å². The number of fused-ring (bicyclic) bond motifs is 1. The van der Waals surface area contributed by atoms with E-state index in [0.717, 1.165) is 0 Å². The van der Waals surface area contributed by atoms with Crippen molar-refractivity contribution in [2.75, 3.05) is 25.0 Å². The fourth-order valence-corrected chi connectivity index (χ4v) is 4.46. The second kappa shape index (κ2) is 8.17. The molecule has 1 saturated heterocycles. The summed E-state index contributed by atoms with van der Waals surface area (Å²) in [4.78, 5) is 26.1. The molecule has 0 saturated carbocycles. The van der Waals surface area contributed by atoms with Gasteiger partial charge in [0.15, 0.2) is 5.82 Å². The molecule has 2 aliphatic heterocycles. The van der Waals surface area contributed by atoms with E-state index in [1.165, 1.54) is 23.1 Å². The topological polar surface area (TPSA) is 70.7 Å². The Balaban J connectivity index is 1.62. The van der Waals surface area contributed by atoms with Crippen LogP contribution in [-0.2, 0) is 10.2 Å². The second-order valence-electron chi connectivity index (χ2n) is 9.69. The lowest BCUT2D eigenvalue weighted by atomic mass is 9.71. The number of halogens is 3. The summed E-state index contributed by atoms with van der Waals surface area (Å²) in [5.41, 5.74) is -1.11. The Morgan fingerprint density at radius 2 is 1.91 bits per heavy atom. The van der Waals surface area contributed by atoms with Gasteiger partial charge >= 0.3 is 6.09 Å². The summed E-state index contributed by atoms with van der Waals surface area (Å²) in [5.74, 6) is -1.69. The molecule has 33 heavy (non-hydrogen) atoms. The second-order valence-corrected chi connectivity index (χ2v) is 10.1. The minimum absolute atomic E-state index is 0.0202. The third-order valence-electron chi connectivity index (χ3n) is 5.98. The van der Waals surface area contributed by atoms with Crippen LogP contribution in [0.5, 0.6) is 0 Å². The number of carbonyl (C=O) groups is 2. The molecule has 4 rings (SSSR count). The van der Waals surface area contributed by atoms with Crippen LogP contribution in [0.1, 0.15) is 49.2 Å². The van der Waals surface area contributed by atoms with Crippen molar-refractivity contribution < 1.29 is 23.1 Å². The maximum absolute atomic E-state index is 15.8. The van der Waals surface area contributed by atoms with Gasteiger partial charge in [-0.15, -0.1) is 0 Å². The van der Waals surface area contributed by atoms with Crippen LogP contribution in [0.3, 0.4) is 0 Å². The zero-order valence-corrected chi connectivity index (χ0v) is 19.6. The number of amides is 2. The third-order valence-corrected chi connectivity index (χ3v) is 6.27. The van der Waals surface area contributed by atoms with Gasteiger partial charge in [0.2, 0.25) is 0 Å². The molecule has 2 aliphatic rings. The predicted octanol–water partition coefficient (Wildman–Crippen LogP) is 4.70. The largest absolute Gasteiger partial charge is 0.444 e. The van der Waals surface area contributed by atoms with E-state index in [4.69, 9.17) is 16.3 Å². The highest BCUT2D eigenvalue weighted by Gasteiger charge is 2.43. The van der Waals surface area contributed by atoms with Crippen LogP contribution in [0.15, 0.2) is 30.3 Å². The minimum atomic E-state index is -1.16. The monoisotopic (exact) mass is 477 g/mol. The van der Waals surface area contributed by atoms with Gasteiger partial charge in [0, 0.05) is 41.7 Å². The molecule has 9 heteroatoms. The number of likely N-dealkylation sites (tertiary alicyclic amines) is 1. The first-order chi connectivity index (χ1) is 15.4. The Kier molecular flexibility index (Phi) is 5.76. The van der Waals surface area contributed by atoms with Crippen LogP contribution in [0.25, 0.3) is 0 Å². The molecule has 0 aromatic heterocycles. The molecule has 2 heterocycles. The number of hydrogen-bond donors (Lipinski definition) is 2. The van der Waals surface area contributed by atoms with E-state index in [9.17, 15) is 14.0 Å². The van der Waals surface area contributed by atoms with E-state index in [2.05, 4.69) is 10.6 Å². The van der Waals surface area contributed by atoms with Gasteiger partial charge < -0.3 is 20.3 Å². The highest BCUT2D eigenvalue weighted by atomic mass is 35.5. The van der Waals surface area contributed by atoms with E-state index in [1.807, 2.05) is 0 Å². The third kappa shape index (κ3) is 4.24. The number of carbonyl (C=O) groups excluding carboxylic acids is 2. The van der Waals surface area contributed by atoms with E-state index in [1.54, 1.807) is 39.8 Å². The molecule has 6 nitrogen and oxygen atoms in total. The first kappa shape index (κ1) is 23.3. The quantitative estimate of drug-likeness (QED) is 0.672. The summed E-state index contributed by atoms with van der Waals surface area (Å²) < 4.78 is 36.1. The van der Waals surface area contributed by atoms with E-state index in [0.29, 0.717) is 13.1 Å². The lowest BCUT2D eigenvalue weighted by Gasteiger charge is -2.41. The van der Waals surface area contributed by atoms with E-state index in [-0.39, 0.29) is 40.0 Å². The highest BCUT2D eigenvalue weighted by molar-refractivity contribution is 6.30. The van der Waals surface area contributed by atoms with Crippen molar-refractivity contribution in [1.29, 1.82) is 0 Å². The van der Waals surface area contributed by atoms with E-state index >= 15 is 4.39 Å². The van der Waals surface area contributed by atoms with Crippen LogP contribution >= 0.6 is 11.6 Å². The summed E-state index contributed by atoms with van der Waals surface area (Å²) in [5, 5.41) is 5.75. The average molecular weight is 478 g/mol. The van der Waals surface area contributed by atoms with Crippen molar-refractivity contribution in [3.63, 3.8) is 0 Å². The molecule has 2 aromatic carbocycles. The molecule has 2 N–H and O–H groups in total. The fraction of sp³-hybridized carbons (Fsp3) is 0.417. The number of anilines is 1. The van der Waals surface area contributed by atoms with Crippen molar-refractivity contribution in [3.8, 4) is 0 Å². The van der Waals surface area contributed by atoms with Gasteiger partial charge in [-0.2, -0.15) is 0 Å². The lowest BCUT2D eigenvalue weighted by molar-refractivity contribution is 0.0104. The molecule has 2 amide bonds. The molecular formula is C24H26ClF2N3O3. The zero-order valence-electron chi connectivity index (χ0n) is 18.9. The average Bonchev–Trinajstić information content (AvgIpc) is 2.69. The fourth-order valence-electron chi connectivity index (χ4n) is 4.28. The summed E-state index contributed by atoms with van der Waals surface area (Å²) >= 11 is 5.99.